The van der Waals surface area contributed by atoms with E-state index < -0.39 is 0 Å². The molecule has 2 aliphatic rings. The molecule has 1 saturated heterocycles. The van der Waals surface area contributed by atoms with E-state index in [1.54, 1.807) is 11.3 Å². The Morgan fingerprint density at radius 1 is 1.13 bits per heavy atom. The van der Waals surface area contributed by atoms with Crippen molar-refractivity contribution in [3.8, 4) is 0 Å². The summed E-state index contributed by atoms with van der Waals surface area (Å²) >= 11 is 1.80. The van der Waals surface area contributed by atoms with Gasteiger partial charge in [-0.05, 0) is 62.2 Å². The van der Waals surface area contributed by atoms with Gasteiger partial charge < -0.3 is 15.1 Å². The second-order valence-electron chi connectivity index (χ2n) is 9.12. The second-order valence-corrected chi connectivity index (χ2v) is 10.1. The minimum absolute atomic E-state index is 0.0136. The third-order valence-corrected chi connectivity index (χ3v) is 7.55. The zero-order valence-corrected chi connectivity index (χ0v) is 19.4. The van der Waals surface area contributed by atoms with Crippen molar-refractivity contribution in [3.05, 3.63) is 57.3 Å². The number of thiophene rings is 1. The topological polar surface area (TPSA) is 52.7 Å². The van der Waals surface area contributed by atoms with Crippen LogP contribution in [0.25, 0.3) is 0 Å². The summed E-state index contributed by atoms with van der Waals surface area (Å²) in [6.45, 7) is 5.21. The number of carbonyl (C=O) groups is 2. The number of benzene rings is 1. The Balaban J connectivity index is 1.27. The van der Waals surface area contributed by atoms with Crippen LogP contribution in [0.1, 0.15) is 40.8 Å². The number of hydrogen-bond acceptors (Lipinski definition) is 4. The number of aryl methyl sites for hydroxylation is 2. The van der Waals surface area contributed by atoms with E-state index in [0.717, 1.165) is 51.9 Å². The SMILES string of the molecule is Cc1ccc(CCC(=O)N[C@H]2CC[C@@H](C(=O)N3CCc4sccc4C3)CN(C)C2)cc1. The highest BCUT2D eigenvalue weighted by Crippen LogP contribution is 2.26. The van der Waals surface area contributed by atoms with E-state index in [2.05, 4.69) is 59.9 Å². The van der Waals surface area contributed by atoms with Crippen LogP contribution in [-0.2, 0) is 29.0 Å². The van der Waals surface area contributed by atoms with Crippen LogP contribution in [0.4, 0.5) is 0 Å². The van der Waals surface area contributed by atoms with Crippen LogP contribution >= 0.6 is 11.3 Å². The van der Waals surface area contributed by atoms with Gasteiger partial charge in [-0.25, -0.2) is 0 Å². The molecule has 6 heteroatoms. The molecule has 0 aliphatic carbocycles. The predicted octanol–water partition coefficient (Wildman–Crippen LogP) is 3.40. The Morgan fingerprint density at radius 3 is 2.74 bits per heavy atom. The number of hydrogen-bond donors (Lipinski definition) is 1. The fourth-order valence-electron chi connectivity index (χ4n) is 4.74. The molecule has 0 saturated carbocycles. The molecule has 2 aromatic rings. The number of likely N-dealkylation sites (tertiary alicyclic amines) is 1. The molecule has 2 aliphatic heterocycles. The molecule has 1 N–H and O–H groups in total. The lowest BCUT2D eigenvalue weighted by molar-refractivity contribution is -0.137. The first-order valence-corrected chi connectivity index (χ1v) is 12.2. The van der Waals surface area contributed by atoms with Crippen LogP contribution in [0.3, 0.4) is 0 Å². The summed E-state index contributed by atoms with van der Waals surface area (Å²) in [5, 5.41) is 5.34. The fourth-order valence-corrected chi connectivity index (χ4v) is 5.63. The Hall–Kier alpha value is -2.18. The molecule has 2 atom stereocenters. The summed E-state index contributed by atoms with van der Waals surface area (Å²) in [4.78, 5) is 31.4. The van der Waals surface area contributed by atoms with Gasteiger partial charge >= 0.3 is 0 Å². The number of rotatable bonds is 5. The monoisotopic (exact) mass is 439 g/mol. The molecule has 2 amide bonds. The van der Waals surface area contributed by atoms with Gasteiger partial charge in [-0.1, -0.05) is 29.8 Å². The smallest absolute Gasteiger partial charge is 0.227 e. The van der Waals surface area contributed by atoms with E-state index >= 15 is 0 Å². The summed E-state index contributed by atoms with van der Waals surface area (Å²) in [6, 6.07) is 10.6. The van der Waals surface area contributed by atoms with Crippen LogP contribution in [0.5, 0.6) is 0 Å². The number of nitrogens with one attached hydrogen (secondary N) is 1. The molecule has 1 aromatic carbocycles. The van der Waals surface area contributed by atoms with Crippen molar-refractivity contribution in [2.75, 3.05) is 26.7 Å². The number of fused-ring (bicyclic) bond motifs is 1. The van der Waals surface area contributed by atoms with E-state index in [1.807, 2.05) is 4.90 Å². The number of carbonyl (C=O) groups excluding carboxylic acids is 2. The highest BCUT2D eigenvalue weighted by atomic mass is 32.1. The lowest BCUT2D eigenvalue weighted by Gasteiger charge is -2.31. The van der Waals surface area contributed by atoms with Gasteiger partial charge in [0.05, 0.1) is 5.92 Å². The minimum Gasteiger partial charge on any atom is -0.352 e. The fraction of sp³-hybridized carbons (Fsp3) is 0.520. The van der Waals surface area contributed by atoms with Crippen molar-refractivity contribution < 1.29 is 9.59 Å². The van der Waals surface area contributed by atoms with E-state index in [-0.39, 0.29) is 23.8 Å². The van der Waals surface area contributed by atoms with Crippen LogP contribution in [0.15, 0.2) is 35.7 Å². The van der Waals surface area contributed by atoms with Crippen molar-refractivity contribution in [2.45, 2.75) is 51.6 Å². The van der Waals surface area contributed by atoms with Crippen LogP contribution in [0.2, 0.25) is 0 Å². The summed E-state index contributed by atoms with van der Waals surface area (Å²) in [7, 11) is 2.06. The molecule has 4 rings (SSSR count). The normalized spacial score (nSPS) is 21.9. The van der Waals surface area contributed by atoms with Crippen molar-refractivity contribution in [1.29, 1.82) is 0 Å². The zero-order chi connectivity index (χ0) is 21.8. The lowest BCUT2D eigenvalue weighted by Crippen LogP contribution is -2.43. The first-order chi connectivity index (χ1) is 15.0. The maximum Gasteiger partial charge on any atom is 0.227 e. The van der Waals surface area contributed by atoms with E-state index in [0.29, 0.717) is 6.42 Å². The summed E-state index contributed by atoms with van der Waals surface area (Å²) in [5.74, 6) is 0.388. The molecule has 0 unspecified atom stereocenters. The maximum atomic E-state index is 13.2. The lowest BCUT2D eigenvalue weighted by atomic mass is 9.98. The first kappa shape index (κ1) is 22.0. The standard InChI is InChI=1S/C25H33N3O2S/c1-18-3-5-19(6-4-18)7-10-24(29)26-22-9-8-21(15-27(2)17-22)25(30)28-13-11-23-20(16-28)12-14-31-23/h3-6,12,14,21-22H,7-11,13,15-17H2,1-2H3,(H,26,29)/t21-,22+/m1/s1. The molecule has 0 radical (unpaired) electrons. The highest BCUT2D eigenvalue weighted by Gasteiger charge is 2.31. The Morgan fingerprint density at radius 2 is 1.94 bits per heavy atom. The number of likely N-dealkylation sites (N-methyl/N-ethyl adjacent to an activating group) is 1. The zero-order valence-electron chi connectivity index (χ0n) is 18.6. The van der Waals surface area contributed by atoms with Crippen molar-refractivity contribution in [1.82, 2.24) is 15.1 Å². The van der Waals surface area contributed by atoms with E-state index in [9.17, 15) is 9.59 Å². The first-order valence-electron chi connectivity index (χ1n) is 11.4. The number of amides is 2. The molecular weight excluding hydrogens is 406 g/mol. The predicted molar refractivity (Wildman–Crippen MR) is 125 cm³/mol. The van der Waals surface area contributed by atoms with E-state index in [4.69, 9.17) is 0 Å². The molecule has 0 spiro atoms. The van der Waals surface area contributed by atoms with Gasteiger partial charge in [-0.2, -0.15) is 0 Å². The average Bonchev–Trinajstić information content (AvgIpc) is 3.15. The van der Waals surface area contributed by atoms with Crippen molar-refractivity contribution in [2.24, 2.45) is 5.92 Å². The third kappa shape index (κ3) is 5.74. The average molecular weight is 440 g/mol. The van der Waals surface area contributed by atoms with Gasteiger partial charge in [0.2, 0.25) is 11.8 Å². The van der Waals surface area contributed by atoms with Gasteiger partial charge in [-0.3, -0.25) is 9.59 Å². The molecule has 31 heavy (non-hydrogen) atoms. The summed E-state index contributed by atoms with van der Waals surface area (Å²) in [6.07, 6.45) is 3.92. The third-order valence-electron chi connectivity index (χ3n) is 6.52. The van der Waals surface area contributed by atoms with Gasteiger partial charge in [-0.15, -0.1) is 11.3 Å². The van der Waals surface area contributed by atoms with Gasteiger partial charge in [0.15, 0.2) is 0 Å². The second kappa shape index (κ2) is 9.96. The molecule has 1 fully saturated rings. The van der Waals surface area contributed by atoms with Crippen LogP contribution in [0, 0.1) is 12.8 Å². The van der Waals surface area contributed by atoms with Crippen molar-refractivity contribution in [3.63, 3.8) is 0 Å². The maximum absolute atomic E-state index is 13.2. The Kier molecular flexibility index (Phi) is 7.08. The van der Waals surface area contributed by atoms with Crippen LogP contribution < -0.4 is 5.32 Å². The largest absolute Gasteiger partial charge is 0.352 e. The van der Waals surface area contributed by atoms with E-state index in [1.165, 1.54) is 21.6 Å². The summed E-state index contributed by atoms with van der Waals surface area (Å²) < 4.78 is 0. The quantitative estimate of drug-likeness (QED) is 0.777. The molecule has 0 bridgehead atoms. The Labute approximate surface area is 189 Å². The molecule has 166 valence electrons. The van der Waals surface area contributed by atoms with Gasteiger partial charge in [0, 0.05) is 43.5 Å². The van der Waals surface area contributed by atoms with Crippen LogP contribution in [-0.4, -0.2) is 54.3 Å². The summed E-state index contributed by atoms with van der Waals surface area (Å²) in [5.41, 5.74) is 3.74. The van der Waals surface area contributed by atoms with Gasteiger partial charge in [0.25, 0.3) is 0 Å². The molecule has 1 aromatic heterocycles. The molecule has 5 nitrogen and oxygen atoms in total. The minimum atomic E-state index is 0.0136. The molecule has 3 heterocycles. The van der Waals surface area contributed by atoms with Gasteiger partial charge in [0.1, 0.15) is 0 Å². The number of nitrogens with zero attached hydrogens (tertiary/aromatic N) is 2. The molecular formula is C25H33N3O2S. The highest BCUT2D eigenvalue weighted by molar-refractivity contribution is 7.10. The Bertz CT molecular complexity index is 908. The van der Waals surface area contributed by atoms with Crippen molar-refractivity contribution >= 4 is 23.2 Å².